The Balaban J connectivity index is 0.000000262. The van der Waals surface area contributed by atoms with Gasteiger partial charge in [0.25, 0.3) is 0 Å². The highest BCUT2D eigenvalue weighted by atomic mass is 79.9. The average Bonchev–Trinajstić information content (AvgIpc) is 2.78. The SMILES string of the molecule is CN(C)CCC(Oc1ccccc1Br)c1ccccc1.O=C(O)CCc1ccccc1. The van der Waals surface area contributed by atoms with Gasteiger partial charge in [0.15, 0.2) is 0 Å². The summed E-state index contributed by atoms with van der Waals surface area (Å²) in [6, 6.07) is 28.0. The Morgan fingerprint density at radius 2 is 1.52 bits per heavy atom. The van der Waals surface area contributed by atoms with Crippen LogP contribution in [0.3, 0.4) is 0 Å². The normalized spacial score (nSPS) is 11.4. The van der Waals surface area contributed by atoms with E-state index in [1.54, 1.807) is 0 Å². The fourth-order valence-corrected chi connectivity index (χ4v) is 3.30. The van der Waals surface area contributed by atoms with Crippen LogP contribution in [0.4, 0.5) is 0 Å². The molecule has 0 heterocycles. The lowest BCUT2D eigenvalue weighted by atomic mass is 10.1. The van der Waals surface area contributed by atoms with E-state index in [1.165, 1.54) is 5.56 Å². The number of aryl methyl sites for hydroxylation is 1. The molecule has 1 N–H and O–H groups in total. The number of ether oxygens (including phenoxy) is 1. The fourth-order valence-electron chi connectivity index (χ4n) is 2.93. The smallest absolute Gasteiger partial charge is 0.303 e. The molecular formula is C26H30BrNO3. The molecule has 4 nitrogen and oxygen atoms in total. The van der Waals surface area contributed by atoms with Gasteiger partial charge in [-0.3, -0.25) is 4.79 Å². The van der Waals surface area contributed by atoms with Crippen molar-refractivity contribution in [2.24, 2.45) is 0 Å². The van der Waals surface area contributed by atoms with Gasteiger partial charge in [-0.25, -0.2) is 0 Å². The molecule has 3 aromatic rings. The van der Waals surface area contributed by atoms with Crippen LogP contribution in [0.5, 0.6) is 5.75 Å². The molecule has 0 aliphatic rings. The zero-order valence-electron chi connectivity index (χ0n) is 18.1. The van der Waals surface area contributed by atoms with E-state index in [9.17, 15) is 4.79 Å². The zero-order chi connectivity index (χ0) is 22.5. The summed E-state index contributed by atoms with van der Waals surface area (Å²) in [6.45, 7) is 0.990. The zero-order valence-corrected chi connectivity index (χ0v) is 19.7. The first-order valence-corrected chi connectivity index (χ1v) is 11.1. The number of carbonyl (C=O) groups is 1. The Morgan fingerprint density at radius 1 is 0.935 bits per heavy atom. The summed E-state index contributed by atoms with van der Waals surface area (Å²) in [5.74, 6) is 0.147. The maximum atomic E-state index is 10.2. The number of hydrogen-bond donors (Lipinski definition) is 1. The molecule has 0 aromatic heterocycles. The molecule has 0 saturated carbocycles. The first-order valence-electron chi connectivity index (χ1n) is 10.3. The highest BCUT2D eigenvalue weighted by Gasteiger charge is 2.14. The number of aliphatic carboxylic acids is 1. The van der Waals surface area contributed by atoms with Crippen LogP contribution in [0.2, 0.25) is 0 Å². The first kappa shape index (κ1) is 24.6. The summed E-state index contributed by atoms with van der Waals surface area (Å²) in [4.78, 5) is 12.4. The molecule has 0 spiro atoms. The van der Waals surface area contributed by atoms with Gasteiger partial charge >= 0.3 is 5.97 Å². The number of para-hydroxylation sites is 1. The van der Waals surface area contributed by atoms with Crippen LogP contribution in [0.15, 0.2) is 89.4 Å². The van der Waals surface area contributed by atoms with Gasteiger partial charge in [-0.2, -0.15) is 0 Å². The van der Waals surface area contributed by atoms with E-state index in [4.69, 9.17) is 9.84 Å². The maximum Gasteiger partial charge on any atom is 0.303 e. The quantitative estimate of drug-likeness (QED) is 0.392. The molecule has 1 atom stereocenters. The lowest BCUT2D eigenvalue weighted by molar-refractivity contribution is -0.136. The molecule has 0 radical (unpaired) electrons. The van der Waals surface area contributed by atoms with E-state index in [0.29, 0.717) is 6.42 Å². The van der Waals surface area contributed by atoms with Gasteiger partial charge in [-0.05, 0) is 59.7 Å². The molecule has 0 saturated heterocycles. The van der Waals surface area contributed by atoms with Gasteiger partial charge in [-0.1, -0.05) is 72.8 Å². The number of hydrogen-bond acceptors (Lipinski definition) is 3. The molecule has 0 aliphatic carbocycles. The Morgan fingerprint density at radius 3 is 2.10 bits per heavy atom. The minimum atomic E-state index is -0.742. The highest BCUT2D eigenvalue weighted by Crippen LogP contribution is 2.30. The van der Waals surface area contributed by atoms with Crippen molar-refractivity contribution in [3.05, 3.63) is 101 Å². The fraction of sp³-hybridized carbons (Fsp3) is 0.269. The number of nitrogens with zero attached hydrogens (tertiary/aromatic N) is 1. The number of rotatable bonds is 9. The highest BCUT2D eigenvalue weighted by molar-refractivity contribution is 9.10. The van der Waals surface area contributed by atoms with E-state index in [2.05, 4.69) is 59.2 Å². The van der Waals surface area contributed by atoms with Crippen LogP contribution in [0.1, 0.15) is 30.1 Å². The van der Waals surface area contributed by atoms with Crippen molar-refractivity contribution in [1.29, 1.82) is 0 Å². The standard InChI is InChI=1S/C17H20BrNO.C9H10O2/c1-19(2)13-12-16(14-8-4-3-5-9-14)20-17-11-7-6-10-15(17)18;10-9(11)7-6-8-4-2-1-3-5-8/h3-11,16H,12-13H2,1-2H3;1-5H,6-7H2,(H,10,11). The second-order valence-electron chi connectivity index (χ2n) is 7.42. The van der Waals surface area contributed by atoms with Crippen molar-refractivity contribution >= 4 is 21.9 Å². The lowest BCUT2D eigenvalue weighted by Gasteiger charge is -2.22. The number of benzene rings is 3. The molecule has 3 rings (SSSR count). The predicted molar refractivity (Wildman–Crippen MR) is 130 cm³/mol. The van der Waals surface area contributed by atoms with Gasteiger partial charge in [-0.15, -0.1) is 0 Å². The summed E-state index contributed by atoms with van der Waals surface area (Å²) in [5, 5.41) is 8.37. The van der Waals surface area contributed by atoms with Gasteiger partial charge in [0.1, 0.15) is 11.9 Å². The number of carboxylic acids is 1. The second-order valence-corrected chi connectivity index (χ2v) is 8.27. The molecule has 5 heteroatoms. The topological polar surface area (TPSA) is 49.8 Å². The van der Waals surface area contributed by atoms with Crippen LogP contribution in [-0.4, -0.2) is 36.6 Å². The molecule has 31 heavy (non-hydrogen) atoms. The van der Waals surface area contributed by atoms with Crippen LogP contribution < -0.4 is 4.74 Å². The Labute approximate surface area is 193 Å². The van der Waals surface area contributed by atoms with E-state index < -0.39 is 5.97 Å². The number of carboxylic acid groups (broad SMARTS) is 1. The van der Waals surface area contributed by atoms with Crippen LogP contribution in [-0.2, 0) is 11.2 Å². The third-order valence-corrected chi connectivity index (χ3v) is 5.24. The molecule has 0 aliphatic heterocycles. The number of halogens is 1. The summed E-state index contributed by atoms with van der Waals surface area (Å²) >= 11 is 3.54. The van der Waals surface area contributed by atoms with Crippen molar-refractivity contribution < 1.29 is 14.6 Å². The minimum absolute atomic E-state index is 0.0669. The molecule has 0 fully saturated rings. The van der Waals surface area contributed by atoms with Gasteiger partial charge in [0.05, 0.1) is 4.47 Å². The van der Waals surface area contributed by atoms with Crippen molar-refractivity contribution in [2.75, 3.05) is 20.6 Å². The summed E-state index contributed by atoms with van der Waals surface area (Å²) in [7, 11) is 4.17. The Hall–Kier alpha value is -2.63. The van der Waals surface area contributed by atoms with E-state index in [1.807, 2.05) is 60.7 Å². The third-order valence-electron chi connectivity index (χ3n) is 4.59. The van der Waals surface area contributed by atoms with E-state index in [-0.39, 0.29) is 12.5 Å². The Bertz CT molecular complexity index is 901. The van der Waals surface area contributed by atoms with E-state index >= 15 is 0 Å². The minimum Gasteiger partial charge on any atom is -0.485 e. The monoisotopic (exact) mass is 483 g/mol. The van der Waals surface area contributed by atoms with Crippen molar-refractivity contribution in [2.45, 2.75) is 25.4 Å². The van der Waals surface area contributed by atoms with Gasteiger partial charge in [0.2, 0.25) is 0 Å². The van der Waals surface area contributed by atoms with Gasteiger partial charge < -0.3 is 14.7 Å². The lowest BCUT2D eigenvalue weighted by Crippen LogP contribution is -2.18. The van der Waals surface area contributed by atoms with Crippen molar-refractivity contribution in [1.82, 2.24) is 4.90 Å². The van der Waals surface area contributed by atoms with Crippen LogP contribution in [0, 0.1) is 0 Å². The van der Waals surface area contributed by atoms with E-state index in [0.717, 1.165) is 28.8 Å². The van der Waals surface area contributed by atoms with Crippen LogP contribution in [0.25, 0.3) is 0 Å². The summed E-state index contributed by atoms with van der Waals surface area (Å²) in [5.41, 5.74) is 2.29. The van der Waals surface area contributed by atoms with Crippen molar-refractivity contribution in [3.8, 4) is 5.75 Å². The second kappa shape index (κ2) is 13.6. The molecule has 0 amide bonds. The third kappa shape index (κ3) is 9.81. The van der Waals surface area contributed by atoms with Gasteiger partial charge in [0, 0.05) is 19.4 Å². The Kier molecular flexibility index (Phi) is 10.8. The molecule has 1 unspecified atom stereocenters. The first-order chi connectivity index (χ1) is 15.0. The summed E-state index contributed by atoms with van der Waals surface area (Å²) < 4.78 is 7.20. The molecular weight excluding hydrogens is 454 g/mol. The molecule has 0 bridgehead atoms. The molecule has 3 aromatic carbocycles. The predicted octanol–water partition coefficient (Wildman–Crippen LogP) is 6.22. The molecule has 164 valence electrons. The maximum absolute atomic E-state index is 10.2. The summed E-state index contributed by atoms with van der Waals surface area (Å²) in [6.07, 6.45) is 1.86. The van der Waals surface area contributed by atoms with Crippen molar-refractivity contribution in [3.63, 3.8) is 0 Å². The largest absolute Gasteiger partial charge is 0.485 e. The average molecular weight is 484 g/mol. The van der Waals surface area contributed by atoms with Crippen LogP contribution >= 0.6 is 15.9 Å².